The van der Waals surface area contributed by atoms with Crippen LogP contribution in [-0.2, 0) is 0 Å². The summed E-state index contributed by atoms with van der Waals surface area (Å²) in [6, 6.07) is 16.6. The van der Waals surface area contributed by atoms with Crippen LogP contribution in [0.3, 0.4) is 0 Å². The molecule has 0 saturated heterocycles. The maximum atomic E-state index is 4.73. The average molecular weight is 251 g/mol. The second-order valence-electron chi connectivity index (χ2n) is 4.87. The van der Waals surface area contributed by atoms with Gasteiger partial charge in [-0.3, -0.25) is 0 Å². The summed E-state index contributed by atoms with van der Waals surface area (Å²) in [5.74, 6) is 0. The molecule has 1 N–H and O–H groups in total. The number of anilines is 2. The largest absolute Gasteiger partial charge is 0.378 e. The number of nitrogens with one attached hydrogen (secondary N) is 1. The molecule has 19 heavy (non-hydrogen) atoms. The van der Waals surface area contributed by atoms with Gasteiger partial charge in [0.25, 0.3) is 0 Å². The number of aliphatic imine (C=N–C) groups is 1. The Bertz CT molecular complexity index is 612. The molecule has 0 unspecified atom stereocenters. The summed E-state index contributed by atoms with van der Waals surface area (Å²) in [5, 5.41) is 3.41. The van der Waals surface area contributed by atoms with Crippen molar-refractivity contribution in [2.24, 2.45) is 4.99 Å². The maximum Gasteiger partial charge on any atom is 0.0865 e. The van der Waals surface area contributed by atoms with Crippen molar-refractivity contribution in [3.05, 3.63) is 54.1 Å². The van der Waals surface area contributed by atoms with Crippen LogP contribution in [0.5, 0.6) is 0 Å². The second kappa shape index (κ2) is 4.76. The van der Waals surface area contributed by atoms with Gasteiger partial charge in [0, 0.05) is 19.8 Å². The molecular formula is C16H17N3. The summed E-state index contributed by atoms with van der Waals surface area (Å²) in [5.41, 5.74) is 5.58. The molecule has 0 aliphatic carbocycles. The normalized spacial score (nSPS) is 13.3. The Hall–Kier alpha value is -2.29. The summed E-state index contributed by atoms with van der Waals surface area (Å²) in [6.07, 6.45) is 0. The molecule has 0 amide bonds. The van der Waals surface area contributed by atoms with E-state index in [1.807, 2.05) is 32.3 Å². The van der Waals surface area contributed by atoms with E-state index >= 15 is 0 Å². The quantitative estimate of drug-likeness (QED) is 0.886. The first-order chi connectivity index (χ1) is 9.24. The van der Waals surface area contributed by atoms with Crippen LogP contribution in [0.2, 0.25) is 0 Å². The molecule has 1 heterocycles. The van der Waals surface area contributed by atoms with Gasteiger partial charge < -0.3 is 10.2 Å². The molecule has 0 spiro atoms. The van der Waals surface area contributed by atoms with Crippen LogP contribution in [0, 0.1) is 0 Å². The Balaban J connectivity index is 1.93. The molecule has 0 bridgehead atoms. The van der Waals surface area contributed by atoms with Gasteiger partial charge in [-0.15, -0.1) is 0 Å². The van der Waals surface area contributed by atoms with Crippen LogP contribution in [0.4, 0.5) is 17.1 Å². The van der Waals surface area contributed by atoms with Crippen molar-refractivity contribution in [3.63, 3.8) is 0 Å². The first kappa shape index (κ1) is 11.8. The molecule has 2 aromatic carbocycles. The first-order valence-electron chi connectivity index (χ1n) is 6.42. The number of hydrogen-bond acceptors (Lipinski definition) is 3. The van der Waals surface area contributed by atoms with Gasteiger partial charge in [0.1, 0.15) is 0 Å². The number of para-hydroxylation sites is 2. The molecule has 1 aliphatic heterocycles. The number of rotatable bonds is 2. The highest BCUT2D eigenvalue weighted by Crippen LogP contribution is 2.28. The van der Waals surface area contributed by atoms with Crippen LogP contribution in [0.15, 0.2) is 53.5 Å². The third-order valence-corrected chi connectivity index (χ3v) is 3.32. The van der Waals surface area contributed by atoms with Crippen LogP contribution in [0.1, 0.15) is 5.56 Å². The molecule has 2 aromatic rings. The van der Waals surface area contributed by atoms with E-state index in [4.69, 9.17) is 4.99 Å². The van der Waals surface area contributed by atoms with E-state index in [0.29, 0.717) is 0 Å². The highest BCUT2D eigenvalue weighted by atomic mass is 15.1. The third kappa shape index (κ3) is 2.32. The topological polar surface area (TPSA) is 27.6 Å². The fourth-order valence-corrected chi connectivity index (χ4v) is 2.20. The lowest BCUT2D eigenvalue weighted by Crippen LogP contribution is -2.18. The van der Waals surface area contributed by atoms with Crippen molar-refractivity contribution < 1.29 is 0 Å². The predicted molar refractivity (Wildman–Crippen MR) is 81.9 cm³/mol. The lowest BCUT2D eigenvalue weighted by atomic mass is 10.1. The summed E-state index contributed by atoms with van der Waals surface area (Å²) < 4.78 is 0. The van der Waals surface area contributed by atoms with E-state index in [2.05, 4.69) is 40.5 Å². The summed E-state index contributed by atoms with van der Waals surface area (Å²) in [7, 11) is 4.09. The molecule has 3 nitrogen and oxygen atoms in total. The number of nitrogens with zero attached hydrogens (tertiary/aromatic N) is 2. The summed E-state index contributed by atoms with van der Waals surface area (Å²) >= 11 is 0. The van der Waals surface area contributed by atoms with Gasteiger partial charge in [-0.2, -0.15) is 0 Å². The van der Waals surface area contributed by atoms with Crippen LogP contribution >= 0.6 is 0 Å². The van der Waals surface area contributed by atoms with Crippen molar-refractivity contribution >= 4 is 22.8 Å². The fourth-order valence-electron chi connectivity index (χ4n) is 2.20. The zero-order chi connectivity index (χ0) is 13.2. The van der Waals surface area contributed by atoms with Gasteiger partial charge in [-0.25, -0.2) is 4.99 Å². The molecule has 0 saturated carbocycles. The first-order valence-corrected chi connectivity index (χ1v) is 6.42. The second-order valence-corrected chi connectivity index (χ2v) is 4.87. The minimum Gasteiger partial charge on any atom is -0.378 e. The van der Waals surface area contributed by atoms with Crippen LogP contribution in [-0.4, -0.2) is 26.4 Å². The minimum absolute atomic E-state index is 0.776. The zero-order valence-corrected chi connectivity index (χ0v) is 11.2. The number of hydrogen-bond donors (Lipinski definition) is 1. The molecule has 0 radical (unpaired) electrons. The Kier molecular flexibility index (Phi) is 2.95. The Morgan fingerprint density at radius 2 is 1.74 bits per heavy atom. The Morgan fingerprint density at radius 1 is 1.00 bits per heavy atom. The molecule has 96 valence electrons. The maximum absolute atomic E-state index is 4.73. The number of fused-ring (bicyclic) bond motifs is 1. The Labute approximate surface area is 113 Å². The van der Waals surface area contributed by atoms with Crippen molar-refractivity contribution in [1.29, 1.82) is 0 Å². The van der Waals surface area contributed by atoms with E-state index in [1.165, 1.54) is 11.3 Å². The van der Waals surface area contributed by atoms with Crippen molar-refractivity contribution in [2.75, 3.05) is 30.9 Å². The molecule has 0 fully saturated rings. The van der Waals surface area contributed by atoms with Gasteiger partial charge in [-0.1, -0.05) is 24.3 Å². The lowest BCUT2D eigenvalue weighted by molar-refractivity contribution is 1.13. The van der Waals surface area contributed by atoms with E-state index in [0.717, 1.165) is 23.6 Å². The monoisotopic (exact) mass is 251 g/mol. The predicted octanol–water partition coefficient (Wildman–Crippen LogP) is 3.30. The zero-order valence-electron chi connectivity index (χ0n) is 11.2. The van der Waals surface area contributed by atoms with Crippen molar-refractivity contribution in [1.82, 2.24) is 0 Å². The highest BCUT2D eigenvalue weighted by Gasteiger charge is 2.12. The van der Waals surface area contributed by atoms with E-state index < -0.39 is 0 Å². The van der Waals surface area contributed by atoms with E-state index in [9.17, 15) is 0 Å². The molecular weight excluding hydrogens is 234 g/mol. The fraction of sp³-hybridized carbons (Fsp3) is 0.188. The number of benzene rings is 2. The van der Waals surface area contributed by atoms with E-state index in [-0.39, 0.29) is 0 Å². The summed E-state index contributed by atoms with van der Waals surface area (Å²) in [6.45, 7) is 0.776. The van der Waals surface area contributed by atoms with Gasteiger partial charge >= 0.3 is 0 Å². The Morgan fingerprint density at radius 3 is 2.47 bits per heavy atom. The van der Waals surface area contributed by atoms with E-state index in [1.54, 1.807) is 0 Å². The smallest absolute Gasteiger partial charge is 0.0865 e. The van der Waals surface area contributed by atoms with Gasteiger partial charge in [0.2, 0.25) is 0 Å². The standard InChI is InChI=1S/C16H17N3/c1-19(2)13-9-7-12(8-10-13)16-11-17-14-5-3-4-6-15(14)18-16/h3-10,17H,11H2,1-2H3. The van der Waals surface area contributed by atoms with Crippen LogP contribution in [0.25, 0.3) is 0 Å². The molecule has 1 aliphatic rings. The van der Waals surface area contributed by atoms with Crippen molar-refractivity contribution in [2.45, 2.75) is 0 Å². The van der Waals surface area contributed by atoms with Crippen molar-refractivity contribution in [3.8, 4) is 0 Å². The average Bonchev–Trinajstić information content (AvgIpc) is 2.47. The van der Waals surface area contributed by atoms with Crippen LogP contribution < -0.4 is 10.2 Å². The molecule has 0 aromatic heterocycles. The SMILES string of the molecule is CN(C)c1ccc(C2=Nc3ccccc3NC2)cc1. The molecule has 3 heteroatoms. The van der Waals surface area contributed by atoms with Gasteiger partial charge in [0.05, 0.1) is 23.6 Å². The van der Waals surface area contributed by atoms with Gasteiger partial charge in [0.15, 0.2) is 0 Å². The molecule has 0 atom stereocenters. The molecule has 3 rings (SSSR count). The summed E-state index contributed by atoms with van der Waals surface area (Å²) in [4.78, 5) is 6.83. The highest BCUT2D eigenvalue weighted by molar-refractivity contribution is 6.07. The third-order valence-electron chi connectivity index (χ3n) is 3.32. The van der Waals surface area contributed by atoms with Gasteiger partial charge in [-0.05, 0) is 29.8 Å². The minimum atomic E-state index is 0.776. The lowest BCUT2D eigenvalue weighted by Gasteiger charge is -2.18.